The number of nitrogens with zero attached hydrogens (tertiary/aromatic N) is 1. The third-order valence-corrected chi connectivity index (χ3v) is 6.28. The van der Waals surface area contributed by atoms with Crippen LogP contribution in [0.4, 0.5) is 0 Å². The lowest BCUT2D eigenvalue weighted by molar-refractivity contribution is -0.141. The number of H-pyrrole nitrogens is 1. The van der Waals surface area contributed by atoms with E-state index in [-0.39, 0.29) is 5.97 Å². The third kappa shape index (κ3) is 2.97. The van der Waals surface area contributed by atoms with Crippen LogP contribution in [-0.2, 0) is 16.0 Å². The lowest BCUT2D eigenvalue weighted by Crippen LogP contribution is -2.46. The van der Waals surface area contributed by atoms with Gasteiger partial charge in [0.1, 0.15) is 0 Å². The summed E-state index contributed by atoms with van der Waals surface area (Å²) in [5.41, 5.74) is 4.14. The predicted molar refractivity (Wildman–Crippen MR) is 99.5 cm³/mol. The van der Waals surface area contributed by atoms with Crippen molar-refractivity contribution in [3.63, 3.8) is 0 Å². The molecule has 4 heteroatoms. The Morgan fingerprint density at radius 2 is 2.20 bits per heavy atom. The average molecular weight is 340 g/mol. The maximum Gasteiger partial charge on any atom is 0.305 e. The van der Waals surface area contributed by atoms with Crippen molar-refractivity contribution in [2.45, 2.75) is 45.1 Å². The Kier molecular flexibility index (Phi) is 4.55. The Hall–Kier alpha value is -1.81. The molecule has 25 heavy (non-hydrogen) atoms. The van der Waals surface area contributed by atoms with E-state index in [9.17, 15) is 4.79 Å². The van der Waals surface area contributed by atoms with E-state index in [4.69, 9.17) is 4.74 Å². The molecule has 0 unspecified atom stereocenters. The summed E-state index contributed by atoms with van der Waals surface area (Å²) in [7, 11) is 1.49. The highest BCUT2D eigenvalue weighted by Crippen LogP contribution is 2.46. The maximum atomic E-state index is 11.7. The van der Waals surface area contributed by atoms with Gasteiger partial charge in [0.25, 0.3) is 0 Å². The summed E-state index contributed by atoms with van der Waals surface area (Å²) in [5.74, 6) is 1.17. The van der Waals surface area contributed by atoms with Crippen LogP contribution in [0, 0.1) is 11.8 Å². The molecular weight excluding hydrogens is 312 g/mol. The number of carbonyl (C=O) groups is 1. The Morgan fingerprint density at radius 3 is 3.00 bits per heavy atom. The monoisotopic (exact) mass is 340 g/mol. The molecule has 1 fully saturated rings. The second kappa shape index (κ2) is 6.83. The summed E-state index contributed by atoms with van der Waals surface area (Å²) >= 11 is 0. The Morgan fingerprint density at radius 1 is 1.36 bits per heavy atom. The number of hydrogen-bond donors (Lipinski definition) is 1. The van der Waals surface area contributed by atoms with Gasteiger partial charge in [0.05, 0.1) is 13.2 Å². The number of piperidine rings is 1. The van der Waals surface area contributed by atoms with Crippen LogP contribution in [0.15, 0.2) is 24.3 Å². The van der Waals surface area contributed by atoms with Crippen molar-refractivity contribution in [2.75, 3.05) is 20.2 Å². The number of esters is 1. The van der Waals surface area contributed by atoms with Crippen molar-refractivity contribution in [3.05, 3.63) is 35.5 Å². The van der Waals surface area contributed by atoms with Gasteiger partial charge in [-0.3, -0.25) is 9.69 Å². The summed E-state index contributed by atoms with van der Waals surface area (Å²) in [5, 5.41) is 1.38. The number of hydrogen-bond acceptors (Lipinski definition) is 3. The van der Waals surface area contributed by atoms with Gasteiger partial charge in [-0.25, -0.2) is 0 Å². The van der Waals surface area contributed by atoms with Gasteiger partial charge in [0.2, 0.25) is 0 Å². The average Bonchev–Trinajstić information content (AvgIpc) is 3.04. The van der Waals surface area contributed by atoms with E-state index in [1.807, 2.05) is 0 Å². The van der Waals surface area contributed by atoms with Crippen LogP contribution in [0.5, 0.6) is 0 Å². The lowest BCUT2D eigenvalue weighted by atomic mass is 9.76. The van der Waals surface area contributed by atoms with E-state index in [0.717, 1.165) is 25.3 Å². The molecular formula is C21H28N2O2. The number of methoxy groups -OCH3 is 1. The van der Waals surface area contributed by atoms with Crippen LogP contribution in [0.1, 0.15) is 49.9 Å². The molecule has 0 amide bonds. The molecule has 4 nitrogen and oxygen atoms in total. The third-order valence-electron chi connectivity index (χ3n) is 6.28. The van der Waals surface area contributed by atoms with E-state index in [0.29, 0.717) is 18.4 Å². The number of carbonyl (C=O) groups excluding carboxylic acids is 1. The second-order valence-corrected chi connectivity index (χ2v) is 7.64. The molecule has 1 N–H and O–H groups in total. The van der Waals surface area contributed by atoms with E-state index < -0.39 is 0 Å². The van der Waals surface area contributed by atoms with Gasteiger partial charge < -0.3 is 9.72 Å². The molecule has 1 aromatic heterocycles. The fourth-order valence-electron chi connectivity index (χ4n) is 5.00. The largest absolute Gasteiger partial charge is 0.469 e. The molecule has 4 rings (SSSR count). The lowest BCUT2D eigenvalue weighted by Gasteiger charge is -2.47. The first-order valence-corrected chi connectivity index (χ1v) is 9.61. The number of para-hydroxylation sites is 1. The highest BCUT2D eigenvalue weighted by molar-refractivity contribution is 5.85. The van der Waals surface area contributed by atoms with Crippen molar-refractivity contribution in [2.24, 2.45) is 11.8 Å². The summed E-state index contributed by atoms with van der Waals surface area (Å²) in [4.78, 5) is 18.1. The van der Waals surface area contributed by atoms with Crippen molar-refractivity contribution in [3.8, 4) is 0 Å². The number of rotatable bonds is 4. The summed E-state index contributed by atoms with van der Waals surface area (Å²) < 4.78 is 4.89. The van der Waals surface area contributed by atoms with Crippen LogP contribution in [0.25, 0.3) is 10.9 Å². The number of aromatic nitrogens is 1. The number of aromatic amines is 1. The standard InChI is InChI=1S/C21H28N2O2/c1-3-14-12-15(8-9-19(24)25-2)21-20-17(10-11-23(21)13-14)16-6-4-5-7-18(16)22-20/h4-7,14-15,21-22H,3,8-13H2,1-2H3/t14-,15-,21-/m0/s1. The fourth-order valence-corrected chi connectivity index (χ4v) is 5.00. The molecule has 0 radical (unpaired) electrons. The summed E-state index contributed by atoms with van der Waals surface area (Å²) in [6.07, 6.45) is 4.99. The molecule has 3 heterocycles. The van der Waals surface area contributed by atoms with Crippen molar-refractivity contribution < 1.29 is 9.53 Å². The van der Waals surface area contributed by atoms with E-state index in [2.05, 4.69) is 41.1 Å². The minimum atomic E-state index is -0.0853. The molecule has 3 atom stereocenters. The van der Waals surface area contributed by atoms with Gasteiger partial charge in [-0.05, 0) is 42.7 Å². The first kappa shape index (κ1) is 16.6. The van der Waals surface area contributed by atoms with Gasteiger partial charge in [0.15, 0.2) is 0 Å². The van der Waals surface area contributed by atoms with Crippen molar-refractivity contribution in [1.29, 1.82) is 0 Å². The highest BCUT2D eigenvalue weighted by atomic mass is 16.5. The second-order valence-electron chi connectivity index (χ2n) is 7.64. The molecule has 0 saturated carbocycles. The molecule has 0 bridgehead atoms. The SMILES string of the molecule is CC[C@H]1C[C@H](CCC(=O)OC)[C@H]2c3[nH]c4ccccc4c3CCN2C1. The van der Waals surface area contributed by atoms with Gasteiger partial charge >= 0.3 is 5.97 Å². The van der Waals surface area contributed by atoms with Crippen molar-refractivity contribution in [1.82, 2.24) is 9.88 Å². The normalized spacial score (nSPS) is 26.2. The van der Waals surface area contributed by atoms with Crippen LogP contribution in [0.2, 0.25) is 0 Å². The number of fused-ring (bicyclic) bond motifs is 5. The van der Waals surface area contributed by atoms with Crippen LogP contribution >= 0.6 is 0 Å². The molecule has 2 aliphatic rings. The zero-order valence-corrected chi connectivity index (χ0v) is 15.3. The number of benzene rings is 1. The van der Waals surface area contributed by atoms with Crippen LogP contribution in [-0.4, -0.2) is 36.1 Å². The Balaban J connectivity index is 1.68. The molecule has 2 aromatic rings. The molecule has 1 saturated heterocycles. The fraction of sp³-hybridized carbons (Fsp3) is 0.571. The topological polar surface area (TPSA) is 45.3 Å². The first-order valence-electron chi connectivity index (χ1n) is 9.61. The quantitative estimate of drug-likeness (QED) is 0.854. The van der Waals surface area contributed by atoms with Crippen LogP contribution < -0.4 is 0 Å². The maximum absolute atomic E-state index is 11.7. The minimum absolute atomic E-state index is 0.0853. The highest BCUT2D eigenvalue weighted by Gasteiger charge is 2.40. The van der Waals surface area contributed by atoms with E-state index >= 15 is 0 Å². The molecule has 1 aromatic carbocycles. The first-order chi connectivity index (χ1) is 12.2. The van der Waals surface area contributed by atoms with Crippen molar-refractivity contribution >= 4 is 16.9 Å². The van der Waals surface area contributed by atoms with Gasteiger partial charge in [-0.1, -0.05) is 31.5 Å². The summed E-state index contributed by atoms with van der Waals surface area (Å²) in [6, 6.07) is 9.07. The van der Waals surface area contributed by atoms with E-state index in [1.54, 1.807) is 0 Å². The van der Waals surface area contributed by atoms with E-state index in [1.165, 1.54) is 48.7 Å². The zero-order chi connectivity index (χ0) is 17.4. The zero-order valence-electron chi connectivity index (χ0n) is 15.3. The Labute approximate surface area is 149 Å². The molecule has 2 aliphatic heterocycles. The van der Waals surface area contributed by atoms with Gasteiger partial charge in [0, 0.05) is 36.1 Å². The van der Waals surface area contributed by atoms with Gasteiger partial charge in [-0.15, -0.1) is 0 Å². The number of nitrogens with one attached hydrogen (secondary N) is 1. The smallest absolute Gasteiger partial charge is 0.305 e. The predicted octanol–water partition coefficient (Wildman–Crippen LogP) is 4.07. The van der Waals surface area contributed by atoms with Crippen LogP contribution in [0.3, 0.4) is 0 Å². The molecule has 134 valence electrons. The molecule has 0 aliphatic carbocycles. The summed E-state index contributed by atoms with van der Waals surface area (Å²) in [6.45, 7) is 4.61. The van der Waals surface area contributed by atoms with Gasteiger partial charge in [-0.2, -0.15) is 0 Å². The minimum Gasteiger partial charge on any atom is -0.469 e. The number of ether oxygens (including phenoxy) is 1. The molecule has 0 spiro atoms. The Bertz CT molecular complexity index is 766.